The van der Waals surface area contributed by atoms with Crippen LogP contribution in [0.4, 0.5) is 0 Å². The van der Waals surface area contributed by atoms with E-state index in [9.17, 15) is 4.79 Å². The molecule has 0 atom stereocenters. The molecule has 4 heteroatoms. The van der Waals surface area contributed by atoms with E-state index in [1.807, 2.05) is 43.3 Å². The topological polar surface area (TPSA) is 44.8 Å². The van der Waals surface area contributed by atoms with Crippen LogP contribution >= 0.6 is 0 Å². The summed E-state index contributed by atoms with van der Waals surface area (Å²) in [6, 6.07) is 14.3. The molecule has 130 valence electrons. The number of hydrogen-bond donors (Lipinski definition) is 0. The summed E-state index contributed by atoms with van der Waals surface area (Å²) in [5.41, 5.74) is 1.78. The Balaban J connectivity index is 2.41. The second-order valence-corrected chi connectivity index (χ2v) is 5.33. The van der Waals surface area contributed by atoms with Crippen LogP contribution in [0.1, 0.15) is 12.5 Å². The van der Waals surface area contributed by atoms with Gasteiger partial charge in [-0.25, -0.2) is 4.79 Å². The SMILES string of the molecule is COC(=O)\C=C(OC)/C(C)=C(\C=C\c1cccc2ccccc12)OC. The first-order valence-corrected chi connectivity index (χ1v) is 7.85. The van der Waals surface area contributed by atoms with Crippen molar-refractivity contribution in [2.24, 2.45) is 0 Å². The fourth-order valence-corrected chi connectivity index (χ4v) is 2.52. The third-order valence-corrected chi connectivity index (χ3v) is 3.87. The van der Waals surface area contributed by atoms with Crippen molar-refractivity contribution >= 4 is 22.8 Å². The molecule has 0 amide bonds. The summed E-state index contributed by atoms with van der Waals surface area (Å²) in [6.45, 7) is 1.82. The Morgan fingerprint density at radius 3 is 2.32 bits per heavy atom. The molecule has 0 spiro atoms. The molecule has 0 radical (unpaired) electrons. The third kappa shape index (κ3) is 4.51. The second kappa shape index (κ2) is 8.73. The van der Waals surface area contributed by atoms with E-state index >= 15 is 0 Å². The smallest absolute Gasteiger partial charge is 0.334 e. The molecule has 0 unspecified atom stereocenters. The monoisotopic (exact) mass is 338 g/mol. The second-order valence-electron chi connectivity index (χ2n) is 5.33. The van der Waals surface area contributed by atoms with Crippen LogP contribution in [0.3, 0.4) is 0 Å². The molecule has 0 bridgehead atoms. The fraction of sp³-hybridized carbons (Fsp3) is 0.190. The van der Waals surface area contributed by atoms with Gasteiger partial charge in [0.15, 0.2) is 0 Å². The number of fused-ring (bicyclic) bond motifs is 1. The number of methoxy groups -OCH3 is 3. The Labute approximate surface area is 148 Å². The molecule has 0 aliphatic carbocycles. The van der Waals surface area contributed by atoms with Crippen molar-refractivity contribution in [2.45, 2.75) is 6.92 Å². The van der Waals surface area contributed by atoms with E-state index in [0.717, 1.165) is 10.9 Å². The molecule has 0 saturated heterocycles. The van der Waals surface area contributed by atoms with Gasteiger partial charge in [-0.3, -0.25) is 0 Å². The lowest BCUT2D eigenvalue weighted by Crippen LogP contribution is -2.01. The number of ether oxygens (including phenoxy) is 3. The molecule has 0 aromatic heterocycles. The minimum atomic E-state index is -0.482. The van der Waals surface area contributed by atoms with Gasteiger partial charge in [0.05, 0.1) is 27.4 Å². The van der Waals surface area contributed by atoms with Gasteiger partial charge < -0.3 is 14.2 Å². The van der Waals surface area contributed by atoms with Crippen molar-refractivity contribution in [1.82, 2.24) is 0 Å². The summed E-state index contributed by atoms with van der Waals surface area (Å²) < 4.78 is 15.4. The molecule has 0 fully saturated rings. The summed E-state index contributed by atoms with van der Waals surface area (Å²) in [6.07, 6.45) is 5.14. The molecule has 25 heavy (non-hydrogen) atoms. The molecule has 0 aliphatic heterocycles. The molecular weight excluding hydrogens is 316 g/mol. The highest BCUT2D eigenvalue weighted by Gasteiger charge is 2.09. The Kier molecular flexibility index (Phi) is 6.40. The molecule has 0 aliphatic rings. The van der Waals surface area contributed by atoms with Gasteiger partial charge in [0.1, 0.15) is 11.5 Å². The first-order valence-electron chi connectivity index (χ1n) is 7.85. The van der Waals surface area contributed by atoms with Crippen LogP contribution in [-0.4, -0.2) is 27.3 Å². The highest BCUT2D eigenvalue weighted by Crippen LogP contribution is 2.22. The van der Waals surface area contributed by atoms with Gasteiger partial charge in [0, 0.05) is 5.57 Å². The van der Waals surface area contributed by atoms with Crippen LogP contribution < -0.4 is 0 Å². The zero-order valence-corrected chi connectivity index (χ0v) is 14.9. The lowest BCUT2D eigenvalue weighted by atomic mass is 10.0. The largest absolute Gasteiger partial charge is 0.496 e. The third-order valence-electron chi connectivity index (χ3n) is 3.87. The van der Waals surface area contributed by atoms with Crippen molar-refractivity contribution in [1.29, 1.82) is 0 Å². The lowest BCUT2D eigenvalue weighted by molar-refractivity contribution is -0.135. The number of esters is 1. The van der Waals surface area contributed by atoms with Crippen LogP contribution in [0, 0.1) is 0 Å². The van der Waals surface area contributed by atoms with E-state index in [2.05, 4.69) is 22.9 Å². The molecule has 0 heterocycles. The van der Waals surface area contributed by atoms with Crippen LogP contribution in [0.25, 0.3) is 16.8 Å². The fourth-order valence-electron chi connectivity index (χ4n) is 2.52. The number of hydrogen-bond acceptors (Lipinski definition) is 4. The minimum absolute atomic E-state index is 0.395. The molecule has 4 nitrogen and oxygen atoms in total. The number of allylic oxidation sites excluding steroid dienone is 2. The van der Waals surface area contributed by atoms with E-state index in [1.165, 1.54) is 25.7 Å². The summed E-state index contributed by atoms with van der Waals surface area (Å²) in [5.74, 6) is 0.515. The molecule has 0 N–H and O–H groups in total. The predicted octanol–water partition coefficient (Wildman–Crippen LogP) is 4.48. The summed E-state index contributed by atoms with van der Waals surface area (Å²) >= 11 is 0. The van der Waals surface area contributed by atoms with Gasteiger partial charge in [0.2, 0.25) is 0 Å². The predicted molar refractivity (Wildman–Crippen MR) is 99.8 cm³/mol. The molecule has 2 aromatic rings. The van der Waals surface area contributed by atoms with Gasteiger partial charge in [0.25, 0.3) is 0 Å². The van der Waals surface area contributed by atoms with Crippen LogP contribution in [0.15, 0.2) is 71.7 Å². The molecule has 2 rings (SSSR count). The van der Waals surface area contributed by atoms with E-state index in [0.29, 0.717) is 17.1 Å². The maximum Gasteiger partial charge on any atom is 0.334 e. The van der Waals surface area contributed by atoms with Crippen LogP contribution in [-0.2, 0) is 19.0 Å². The van der Waals surface area contributed by atoms with Crippen molar-refractivity contribution in [3.8, 4) is 0 Å². The highest BCUT2D eigenvalue weighted by molar-refractivity contribution is 5.90. The van der Waals surface area contributed by atoms with Crippen molar-refractivity contribution in [3.05, 3.63) is 77.3 Å². The standard InChI is InChI=1S/C21H22O4/c1-15(20(24-3)14-21(22)25-4)19(23-2)13-12-17-10-7-9-16-8-5-6-11-18(16)17/h5-14H,1-4H3/b13-12+,19-15+,20-14+. The summed E-state index contributed by atoms with van der Waals surface area (Å²) in [4.78, 5) is 11.5. The van der Waals surface area contributed by atoms with Crippen molar-refractivity contribution in [3.63, 3.8) is 0 Å². The minimum Gasteiger partial charge on any atom is -0.496 e. The highest BCUT2D eigenvalue weighted by atomic mass is 16.5. The lowest BCUT2D eigenvalue weighted by Gasteiger charge is -2.10. The Morgan fingerprint density at radius 1 is 0.920 bits per heavy atom. The van der Waals surface area contributed by atoms with Gasteiger partial charge in [-0.2, -0.15) is 0 Å². The number of carbonyl (C=O) groups is 1. The average molecular weight is 338 g/mol. The Morgan fingerprint density at radius 2 is 1.64 bits per heavy atom. The van der Waals surface area contributed by atoms with Gasteiger partial charge in [-0.15, -0.1) is 0 Å². The van der Waals surface area contributed by atoms with E-state index < -0.39 is 5.97 Å². The summed E-state index contributed by atoms with van der Waals surface area (Å²) in [5, 5.41) is 2.33. The van der Waals surface area contributed by atoms with Gasteiger partial charge in [-0.05, 0) is 29.3 Å². The van der Waals surface area contributed by atoms with Crippen LogP contribution in [0.5, 0.6) is 0 Å². The van der Waals surface area contributed by atoms with E-state index in [4.69, 9.17) is 9.47 Å². The van der Waals surface area contributed by atoms with E-state index in [-0.39, 0.29) is 0 Å². The number of carbonyl (C=O) groups excluding carboxylic acids is 1. The zero-order valence-electron chi connectivity index (χ0n) is 14.9. The molecule has 0 saturated carbocycles. The van der Waals surface area contributed by atoms with E-state index in [1.54, 1.807) is 7.11 Å². The Hall–Kier alpha value is -3.01. The number of benzene rings is 2. The molecular formula is C21H22O4. The average Bonchev–Trinajstić information content (AvgIpc) is 2.66. The van der Waals surface area contributed by atoms with Gasteiger partial charge in [-0.1, -0.05) is 48.5 Å². The van der Waals surface area contributed by atoms with Gasteiger partial charge >= 0.3 is 5.97 Å². The van der Waals surface area contributed by atoms with Crippen LogP contribution in [0.2, 0.25) is 0 Å². The summed E-state index contributed by atoms with van der Waals surface area (Å²) in [7, 11) is 4.40. The molecule has 2 aromatic carbocycles. The first-order chi connectivity index (χ1) is 12.1. The van der Waals surface area contributed by atoms with Crippen molar-refractivity contribution in [2.75, 3.05) is 21.3 Å². The normalized spacial score (nSPS) is 12.9. The zero-order chi connectivity index (χ0) is 18.2. The quantitative estimate of drug-likeness (QED) is 0.337. The maximum absolute atomic E-state index is 11.5. The maximum atomic E-state index is 11.5. The number of rotatable bonds is 6. The first kappa shape index (κ1) is 18.3. The Bertz CT molecular complexity index is 839. The van der Waals surface area contributed by atoms with Crippen molar-refractivity contribution < 1.29 is 19.0 Å².